The van der Waals surface area contributed by atoms with Crippen molar-refractivity contribution in [2.75, 3.05) is 38.9 Å². The Morgan fingerprint density at radius 2 is 1.52 bits per heavy atom. The Balaban J connectivity index is 2.46. The molecule has 0 aliphatic rings. The number of amides is 1. The van der Waals surface area contributed by atoms with Crippen LogP contribution in [0.15, 0.2) is 41.3 Å². The van der Waals surface area contributed by atoms with Gasteiger partial charge in [0.25, 0.3) is 5.91 Å². The summed E-state index contributed by atoms with van der Waals surface area (Å²) in [5, 5.41) is 5.91. The fourth-order valence-electron chi connectivity index (χ4n) is 2.59. The highest BCUT2D eigenvalue weighted by Crippen LogP contribution is 2.27. The van der Waals surface area contributed by atoms with Crippen molar-refractivity contribution in [2.24, 2.45) is 0 Å². The molecule has 0 heterocycles. The highest BCUT2D eigenvalue weighted by molar-refractivity contribution is 7.89. The van der Waals surface area contributed by atoms with E-state index in [1.165, 1.54) is 40.4 Å². The molecule has 8 nitrogen and oxygen atoms in total. The molecule has 0 aliphatic heterocycles. The van der Waals surface area contributed by atoms with Gasteiger partial charge in [-0.05, 0) is 32.0 Å². The van der Waals surface area contributed by atoms with E-state index in [1.807, 2.05) is 13.8 Å². The SMILES string of the molecule is COc1cc(NC(=O)c2cc(NC(C)C)cc(S(=O)(=O)N(C)C)c2)cc(OC)c1. The average molecular weight is 422 g/mol. The number of nitrogens with zero attached hydrogens (tertiary/aromatic N) is 1. The second-order valence-corrected chi connectivity index (χ2v) is 9.04. The Morgan fingerprint density at radius 3 is 2.00 bits per heavy atom. The van der Waals surface area contributed by atoms with Crippen LogP contribution in [0.25, 0.3) is 0 Å². The number of carbonyl (C=O) groups is 1. The Labute approximate surface area is 171 Å². The number of carbonyl (C=O) groups excluding carboxylic acids is 1. The largest absolute Gasteiger partial charge is 0.497 e. The van der Waals surface area contributed by atoms with Crippen molar-refractivity contribution in [3.05, 3.63) is 42.0 Å². The normalized spacial score (nSPS) is 11.4. The van der Waals surface area contributed by atoms with Gasteiger partial charge >= 0.3 is 0 Å². The number of ether oxygens (including phenoxy) is 2. The van der Waals surface area contributed by atoms with Crippen LogP contribution in [0, 0.1) is 0 Å². The molecule has 2 aromatic carbocycles. The van der Waals surface area contributed by atoms with Gasteiger partial charge in [-0.15, -0.1) is 0 Å². The Morgan fingerprint density at radius 1 is 0.931 bits per heavy atom. The molecule has 0 saturated carbocycles. The molecule has 0 aromatic heterocycles. The van der Waals surface area contributed by atoms with Gasteiger partial charge in [-0.1, -0.05) is 0 Å². The molecule has 2 aromatic rings. The van der Waals surface area contributed by atoms with E-state index >= 15 is 0 Å². The van der Waals surface area contributed by atoms with E-state index in [-0.39, 0.29) is 16.5 Å². The lowest BCUT2D eigenvalue weighted by atomic mass is 10.1. The van der Waals surface area contributed by atoms with Crippen LogP contribution in [0.4, 0.5) is 11.4 Å². The zero-order chi connectivity index (χ0) is 21.8. The first-order valence-corrected chi connectivity index (χ1v) is 10.4. The topological polar surface area (TPSA) is 97.0 Å². The Bertz CT molecular complexity index is 965. The quantitative estimate of drug-likeness (QED) is 0.680. The van der Waals surface area contributed by atoms with Gasteiger partial charge in [0.05, 0.1) is 19.1 Å². The fraction of sp³-hybridized carbons (Fsp3) is 0.350. The molecule has 29 heavy (non-hydrogen) atoms. The minimum Gasteiger partial charge on any atom is -0.497 e. The smallest absolute Gasteiger partial charge is 0.255 e. The van der Waals surface area contributed by atoms with Gasteiger partial charge in [-0.2, -0.15) is 0 Å². The van der Waals surface area contributed by atoms with Crippen LogP contribution in [0.1, 0.15) is 24.2 Å². The number of hydrogen-bond acceptors (Lipinski definition) is 6. The van der Waals surface area contributed by atoms with Gasteiger partial charge < -0.3 is 20.1 Å². The first-order valence-electron chi connectivity index (χ1n) is 8.95. The zero-order valence-electron chi connectivity index (χ0n) is 17.4. The van der Waals surface area contributed by atoms with Crippen molar-refractivity contribution in [3.8, 4) is 11.5 Å². The molecule has 0 atom stereocenters. The minimum absolute atomic E-state index is 0.0292. The van der Waals surface area contributed by atoms with Crippen LogP contribution in [-0.2, 0) is 10.0 Å². The molecule has 0 saturated heterocycles. The molecule has 0 fully saturated rings. The molecular weight excluding hydrogens is 394 g/mol. The Kier molecular flexibility index (Phi) is 7.10. The van der Waals surface area contributed by atoms with Crippen molar-refractivity contribution >= 4 is 27.3 Å². The summed E-state index contributed by atoms with van der Waals surface area (Å²) >= 11 is 0. The van der Waals surface area contributed by atoms with Gasteiger partial charge in [0.1, 0.15) is 11.5 Å². The first-order chi connectivity index (χ1) is 13.6. The summed E-state index contributed by atoms with van der Waals surface area (Å²) in [6.45, 7) is 3.85. The van der Waals surface area contributed by atoms with Gasteiger partial charge in [-0.3, -0.25) is 4.79 Å². The van der Waals surface area contributed by atoms with E-state index in [4.69, 9.17) is 9.47 Å². The fourth-order valence-corrected chi connectivity index (χ4v) is 3.56. The van der Waals surface area contributed by atoms with Gasteiger partial charge in [-0.25, -0.2) is 12.7 Å². The van der Waals surface area contributed by atoms with E-state index in [0.717, 1.165) is 4.31 Å². The predicted octanol–water partition coefficient (Wildman–Crippen LogP) is 3.03. The molecule has 2 rings (SSSR count). The Hall–Kier alpha value is -2.78. The molecule has 1 amide bonds. The molecule has 158 valence electrons. The summed E-state index contributed by atoms with van der Waals surface area (Å²) in [6, 6.07) is 9.52. The summed E-state index contributed by atoms with van der Waals surface area (Å²) in [7, 11) is 2.20. The molecule has 0 radical (unpaired) electrons. The van der Waals surface area contributed by atoms with Crippen molar-refractivity contribution in [3.63, 3.8) is 0 Å². The summed E-state index contributed by atoms with van der Waals surface area (Å²) in [5.74, 6) is 0.583. The van der Waals surface area contributed by atoms with E-state index in [2.05, 4.69) is 10.6 Å². The van der Waals surface area contributed by atoms with E-state index in [0.29, 0.717) is 22.9 Å². The van der Waals surface area contributed by atoms with Crippen molar-refractivity contribution < 1.29 is 22.7 Å². The third-order valence-corrected chi connectivity index (χ3v) is 5.80. The van der Waals surface area contributed by atoms with Gasteiger partial charge in [0, 0.05) is 55.3 Å². The summed E-state index contributed by atoms with van der Waals surface area (Å²) in [4.78, 5) is 12.9. The van der Waals surface area contributed by atoms with Gasteiger partial charge in [0.2, 0.25) is 10.0 Å². The maximum absolute atomic E-state index is 12.9. The van der Waals surface area contributed by atoms with Crippen molar-refractivity contribution in [1.29, 1.82) is 0 Å². The van der Waals surface area contributed by atoms with E-state index in [9.17, 15) is 13.2 Å². The molecule has 0 spiro atoms. The predicted molar refractivity (Wildman–Crippen MR) is 114 cm³/mol. The second-order valence-electron chi connectivity index (χ2n) is 6.89. The average Bonchev–Trinajstić information content (AvgIpc) is 2.66. The van der Waals surface area contributed by atoms with Crippen LogP contribution < -0.4 is 20.1 Å². The van der Waals surface area contributed by atoms with E-state index in [1.54, 1.807) is 24.3 Å². The molecule has 9 heteroatoms. The van der Waals surface area contributed by atoms with Crippen LogP contribution in [0.5, 0.6) is 11.5 Å². The lowest BCUT2D eigenvalue weighted by molar-refractivity contribution is 0.102. The number of methoxy groups -OCH3 is 2. The molecular formula is C20H27N3O5S. The van der Waals surface area contributed by atoms with Crippen LogP contribution in [-0.4, -0.2) is 53.0 Å². The summed E-state index contributed by atoms with van der Waals surface area (Å²) in [6.07, 6.45) is 0. The van der Waals surface area contributed by atoms with E-state index < -0.39 is 15.9 Å². The third kappa shape index (κ3) is 5.61. The second kappa shape index (κ2) is 9.15. The molecule has 0 unspecified atom stereocenters. The van der Waals surface area contributed by atoms with Crippen molar-refractivity contribution in [1.82, 2.24) is 4.31 Å². The molecule has 2 N–H and O–H groups in total. The van der Waals surface area contributed by atoms with Crippen LogP contribution >= 0.6 is 0 Å². The van der Waals surface area contributed by atoms with Crippen LogP contribution in [0.3, 0.4) is 0 Å². The molecule has 0 aliphatic carbocycles. The number of nitrogens with one attached hydrogen (secondary N) is 2. The lowest BCUT2D eigenvalue weighted by Crippen LogP contribution is -2.23. The number of sulfonamides is 1. The monoisotopic (exact) mass is 421 g/mol. The molecule has 0 bridgehead atoms. The third-order valence-electron chi connectivity index (χ3n) is 4.01. The highest BCUT2D eigenvalue weighted by atomic mass is 32.2. The minimum atomic E-state index is -3.71. The van der Waals surface area contributed by atoms with Crippen molar-refractivity contribution in [2.45, 2.75) is 24.8 Å². The maximum Gasteiger partial charge on any atom is 0.255 e. The number of rotatable bonds is 8. The number of hydrogen-bond donors (Lipinski definition) is 2. The zero-order valence-corrected chi connectivity index (χ0v) is 18.3. The van der Waals surface area contributed by atoms with Gasteiger partial charge in [0.15, 0.2) is 0 Å². The first kappa shape index (κ1) is 22.5. The summed E-state index contributed by atoms with van der Waals surface area (Å²) in [5.41, 5.74) is 1.21. The standard InChI is InChI=1S/C20H27N3O5S/c1-13(2)21-15-7-14(8-19(11-15)29(25,26)23(3)4)20(24)22-16-9-17(27-5)12-18(10-16)28-6/h7-13,21H,1-6H3,(H,22,24). The number of anilines is 2. The lowest BCUT2D eigenvalue weighted by Gasteiger charge is -2.17. The highest BCUT2D eigenvalue weighted by Gasteiger charge is 2.21. The van der Waals surface area contributed by atoms with Crippen LogP contribution in [0.2, 0.25) is 0 Å². The maximum atomic E-state index is 12.9. The number of benzene rings is 2. The summed E-state index contributed by atoms with van der Waals surface area (Å²) < 4.78 is 36.7.